The molecule has 0 aromatic heterocycles. The first-order valence-electron chi connectivity index (χ1n) is 11.7. The van der Waals surface area contributed by atoms with Crippen molar-refractivity contribution in [2.75, 3.05) is 30.6 Å². The Balaban J connectivity index is 1.34. The molecule has 192 valence electrons. The molecule has 10 heteroatoms. The van der Waals surface area contributed by atoms with Gasteiger partial charge >= 0.3 is 0 Å². The summed E-state index contributed by atoms with van der Waals surface area (Å²) in [4.78, 5) is 39.2. The fourth-order valence-electron chi connectivity index (χ4n) is 3.89. The fraction of sp³-hybridized carbons (Fsp3) is 0.222. The minimum Gasteiger partial charge on any atom is -0.493 e. The highest BCUT2D eigenvalue weighted by Crippen LogP contribution is 2.35. The molecule has 0 spiro atoms. The number of hydrogen-bond acceptors (Lipinski definition) is 6. The van der Waals surface area contributed by atoms with Crippen LogP contribution in [0.15, 0.2) is 72.8 Å². The van der Waals surface area contributed by atoms with Crippen molar-refractivity contribution in [1.29, 1.82) is 0 Å². The van der Waals surface area contributed by atoms with Crippen LogP contribution in [0.5, 0.6) is 11.5 Å². The molecule has 37 heavy (non-hydrogen) atoms. The second-order valence-electron chi connectivity index (χ2n) is 8.38. The Labute approximate surface area is 219 Å². The van der Waals surface area contributed by atoms with Gasteiger partial charge in [0.1, 0.15) is 0 Å². The second kappa shape index (κ2) is 12.1. The van der Waals surface area contributed by atoms with Crippen molar-refractivity contribution in [3.8, 4) is 11.5 Å². The van der Waals surface area contributed by atoms with Gasteiger partial charge in [0.25, 0.3) is 5.91 Å². The number of benzene rings is 3. The van der Waals surface area contributed by atoms with Gasteiger partial charge in [0.05, 0.1) is 18.7 Å². The van der Waals surface area contributed by atoms with Crippen LogP contribution in [0.25, 0.3) is 0 Å². The number of carbonyl (C=O) groups is 3. The predicted molar refractivity (Wildman–Crippen MR) is 140 cm³/mol. The molecule has 3 aromatic rings. The molecule has 3 aromatic carbocycles. The van der Waals surface area contributed by atoms with Crippen LogP contribution in [-0.4, -0.2) is 38.0 Å². The molecule has 1 atom stereocenters. The van der Waals surface area contributed by atoms with Crippen LogP contribution in [0.1, 0.15) is 12.0 Å². The minimum atomic E-state index is -0.547. The van der Waals surface area contributed by atoms with Crippen molar-refractivity contribution in [2.24, 2.45) is 5.92 Å². The molecule has 3 N–H and O–H groups in total. The van der Waals surface area contributed by atoms with Crippen LogP contribution in [0.4, 0.5) is 11.4 Å². The second-order valence-corrected chi connectivity index (χ2v) is 8.82. The Bertz CT molecular complexity index is 1250. The van der Waals surface area contributed by atoms with E-state index in [2.05, 4.69) is 16.2 Å². The third-order valence-electron chi connectivity index (χ3n) is 5.83. The third kappa shape index (κ3) is 6.71. The van der Waals surface area contributed by atoms with Crippen LogP contribution in [0.3, 0.4) is 0 Å². The summed E-state index contributed by atoms with van der Waals surface area (Å²) in [7, 11) is 1.48. The molecule has 1 saturated heterocycles. The van der Waals surface area contributed by atoms with E-state index >= 15 is 0 Å². The van der Waals surface area contributed by atoms with Gasteiger partial charge in [0.15, 0.2) is 18.1 Å². The first-order valence-corrected chi connectivity index (χ1v) is 12.0. The summed E-state index contributed by atoms with van der Waals surface area (Å²) < 4.78 is 11.1. The third-order valence-corrected chi connectivity index (χ3v) is 6.09. The molecule has 4 rings (SSSR count). The van der Waals surface area contributed by atoms with Crippen molar-refractivity contribution >= 4 is 40.7 Å². The summed E-state index contributed by atoms with van der Waals surface area (Å²) in [6.45, 7) is 0.378. The number of rotatable bonds is 10. The van der Waals surface area contributed by atoms with Crippen molar-refractivity contribution in [1.82, 2.24) is 10.7 Å². The standard InChI is InChI=1S/C27H27ClN4O5/c1-36-23-9-5-8-22(26(23)37-17-24(33)29-15-18-6-3-2-4-7-18)30-31-27(35)19-14-25(34)32(16-19)21-12-10-20(28)11-13-21/h2-13,19,30H,14-17H2,1H3,(H,29,33)(H,31,35)/t19-/m0/s1. The molecule has 0 saturated carbocycles. The molecule has 1 aliphatic rings. The summed E-state index contributed by atoms with van der Waals surface area (Å²) in [6.07, 6.45) is 0.0825. The average molecular weight is 523 g/mol. The largest absolute Gasteiger partial charge is 0.493 e. The zero-order valence-electron chi connectivity index (χ0n) is 20.2. The Morgan fingerprint density at radius 3 is 2.51 bits per heavy atom. The molecule has 1 heterocycles. The number of para-hydroxylation sites is 1. The number of methoxy groups -OCH3 is 1. The van der Waals surface area contributed by atoms with Crippen molar-refractivity contribution < 1.29 is 23.9 Å². The Hall–Kier alpha value is -4.24. The first-order chi connectivity index (χ1) is 17.9. The number of hydrazine groups is 1. The molecule has 0 radical (unpaired) electrons. The lowest BCUT2D eigenvalue weighted by atomic mass is 10.1. The molecule has 1 aliphatic heterocycles. The lowest BCUT2D eigenvalue weighted by Gasteiger charge is -2.18. The average Bonchev–Trinajstić information content (AvgIpc) is 3.32. The van der Waals surface area contributed by atoms with Gasteiger partial charge in [-0.1, -0.05) is 48.0 Å². The van der Waals surface area contributed by atoms with Gasteiger partial charge in [-0.2, -0.15) is 0 Å². The topological polar surface area (TPSA) is 109 Å². The van der Waals surface area contributed by atoms with Crippen molar-refractivity contribution in [3.05, 3.63) is 83.4 Å². The molecule has 0 aliphatic carbocycles. The molecular weight excluding hydrogens is 496 g/mol. The molecule has 0 unspecified atom stereocenters. The van der Waals surface area contributed by atoms with E-state index in [0.717, 1.165) is 5.56 Å². The first kappa shape index (κ1) is 25.8. The number of hydrogen-bond donors (Lipinski definition) is 3. The molecule has 9 nitrogen and oxygen atoms in total. The van der Waals surface area contributed by atoms with Crippen molar-refractivity contribution in [2.45, 2.75) is 13.0 Å². The fourth-order valence-corrected chi connectivity index (χ4v) is 4.02. The normalized spacial score (nSPS) is 14.7. The van der Waals surface area contributed by atoms with E-state index in [9.17, 15) is 14.4 Å². The molecule has 0 bridgehead atoms. The number of halogens is 1. The van der Waals surface area contributed by atoms with E-state index in [1.807, 2.05) is 30.3 Å². The highest BCUT2D eigenvalue weighted by molar-refractivity contribution is 6.30. The van der Waals surface area contributed by atoms with Gasteiger partial charge in [-0.15, -0.1) is 0 Å². The van der Waals surface area contributed by atoms with E-state index in [-0.39, 0.29) is 43.0 Å². The Morgan fingerprint density at radius 2 is 1.78 bits per heavy atom. The van der Waals surface area contributed by atoms with Crippen LogP contribution in [0, 0.1) is 5.92 Å². The predicted octanol–water partition coefficient (Wildman–Crippen LogP) is 3.54. The number of ether oxygens (including phenoxy) is 2. The summed E-state index contributed by atoms with van der Waals surface area (Å²) in [5.41, 5.74) is 7.55. The van der Waals surface area contributed by atoms with Gasteiger partial charge < -0.3 is 19.7 Å². The highest BCUT2D eigenvalue weighted by atomic mass is 35.5. The number of carbonyl (C=O) groups excluding carboxylic acids is 3. The smallest absolute Gasteiger partial charge is 0.258 e. The van der Waals surface area contributed by atoms with Gasteiger partial charge in [-0.05, 0) is 42.0 Å². The Kier molecular flexibility index (Phi) is 8.48. The van der Waals surface area contributed by atoms with Crippen LogP contribution in [-0.2, 0) is 20.9 Å². The highest BCUT2D eigenvalue weighted by Gasteiger charge is 2.35. The summed E-state index contributed by atoms with van der Waals surface area (Å²) >= 11 is 5.93. The van der Waals surface area contributed by atoms with E-state index in [0.29, 0.717) is 28.7 Å². The number of anilines is 2. The van der Waals surface area contributed by atoms with Gasteiger partial charge in [-0.25, -0.2) is 0 Å². The maximum absolute atomic E-state index is 12.8. The minimum absolute atomic E-state index is 0.0825. The zero-order valence-corrected chi connectivity index (χ0v) is 21.0. The maximum Gasteiger partial charge on any atom is 0.258 e. The Morgan fingerprint density at radius 1 is 1.03 bits per heavy atom. The molecule has 3 amide bonds. The van der Waals surface area contributed by atoms with E-state index in [1.165, 1.54) is 7.11 Å². The zero-order chi connectivity index (χ0) is 26.2. The lowest BCUT2D eigenvalue weighted by molar-refractivity contribution is -0.126. The molecule has 1 fully saturated rings. The van der Waals surface area contributed by atoms with Gasteiger partial charge in [-0.3, -0.25) is 25.2 Å². The van der Waals surface area contributed by atoms with Gasteiger partial charge in [0.2, 0.25) is 11.8 Å². The van der Waals surface area contributed by atoms with E-state index in [4.69, 9.17) is 21.1 Å². The summed E-state index contributed by atoms with van der Waals surface area (Å²) in [5.74, 6) is -0.690. The van der Waals surface area contributed by atoms with Crippen LogP contribution < -0.4 is 30.5 Å². The number of nitrogens with zero attached hydrogens (tertiary/aromatic N) is 1. The quantitative estimate of drug-likeness (QED) is 0.351. The van der Waals surface area contributed by atoms with Crippen molar-refractivity contribution in [3.63, 3.8) is 0 Å². The maximum atomic E-state index is 12.8. The van der Waals surface area contributed by atoms with E-state index < -0.39 is 5.92 Å². The summed E-state index contributed by atoms with van der Waals surface area (Å²) in [5, 5.41) is 3.37. The molecular formula is C27H27ClN4O5. The van der Waals surface area contributed by atoms with Gasteiger partial charge in [0, 0.05) is 30.2 Å². The van der Waals surface area contributed by atoms with E-state index in [1.54, 1.807) is 47.4 Å². The monoisotopic (exact) mass is 522 g/mol. The summed E-state index contributed by atoms with van der Waals surface area (Å²) in [6, 6.07) is 21.5. The van der Waals surface area contributed by atoms with Crippen LogP contribution in [0.2, 0.25) is 5.02 Å². The number of amides is 3. The SMILES string of the molecule is COc1cccc(NNC(=O)[C@H]2CC(=O)N(c3ccc(Cl)cc3)C2)c1OCC(=O)NCc1ccccc1. The lowest BCUT2D eigenvalue weighted by Crippen LogP contribution is -2.36. The van der Waals surface area contributed by atoms with Crippen LogP contribution >= 0.6 is 11.6 Å². The number of nitrogens with one attached hydrogen (secondary N) is 3.